The minimum absolute atomic E-state index is 0. The van der Waals surface area contributed by atoms with Gasteiger partial charge in [-0.2, -0.15) is 9.97 Å². The zero-order valence-electron chi connectivity index (χ0n) is 32.2. The van der Waals surface area contributed by atoms with Crippen LogP contribution in [0.4, 0.5) is 34.9 Å². The van der Waals surface area contributed by atoms with Gasteiger partial charge >= 0.3 is 0 Å². The zero-order chi connectivity index (χ0) is 37.8. The molecule has 0 radical (unpaired) electrons. The molecule has 4 heterocycles. The Morgan fingerprint density at radius 3 is 1.63 bits per heavy atom. The molecule has 16 heteroatoms. The van der Waals surface area contributed by atoms with E-state index in [1.165, 1.54) is 25.9 Å². The first kappa shape index (κ1) is 43.9. The van der Waals surface area contributed by atoms with Crippen molar-refractivity contribution in [3.63, 3.8) is 0 Å². The number of alkyl halides is 1. The van der Waals surface area contributed by atoms with E-state index in [-0.39, 0.29) is 12.4 Å². The predicted molar refractivity (Wildman–Crippen MR) is 222 cm³/mol. The van der Waals surface area contributed by atoms with Crippen LogP contribution < -0.4 is 45.5 Å². The van der Waals surface area contributed by atoms with Crippen molar-refractivity contribution in [2.75, 3.05) is 88.3 Å². The third-order valence-corrected chi connectivity index (χ3v) is 8.84. The van der Waals surface area contributed by atoms with Gasteiger partial charge in [-0.3, -0.25) is 0 Å². The van der Waals surface area contributed by atoms with Crippen LogP contribution in [-0.4, -0.2) is 104 Å². The summed E-state index contributed by atoms with van der Waals surface area (Å²) in [4.78, 5) is 19.6. The Bertz CT molecular complexity index is 1670. The molecule has 14 nitrogen and oxygen atoms in total. The van der Waals surface area contributed by atoms with Gasteiger partial charge < -0.3 is 50.4 Å². The van der Waals surface area contributed by atoms with E-state index in [9.17, 15) is 0 Å². The number of methoxy groups -OCH3 is 2. The second kappa shape index (κ2) is 24.0. The molecule has 54 heavy (non-hydrogen) atoms. The maximum atomic E-state index is 5.96. The van der Waals surface area contributed by atoms with Crippen LogP contribution in [0.25, 0.3) is 0 Å². The summed E-state index contributed by atoms with van der Waals surface area (Å²) in [6.07, 6.45) is 7.84. The number of anilines is 6. The van der Waals surface area contributed by atoms with Crippen molar-refractivity contribution in [1.29, 1.82) is 0 Å². The van der Waals surface area contributed by atoms with Gasteiger partial charge in [0.05, 0.1) is 27.4 Å². The number of likely N-dealkylation sites (tertiary alicyclic amines) is 1. The molecular weight excluding hydrogens is 731 g/mol. The summed E-state index contributed by atoms with van der Waals surface area (Å²) in [7, 11) is 6.89. The topological polar surface area (TPSA) is 152 Å². The molecule has 0 aliphatic carbocycles. The maximum Gasteiger partial charge on any atom is 0.229 e. The zero-order valence-corrected chi connectivity index (χ0v) is 33.7. The second-order valence-corrected chi connectivity index (χ2v) is 12.8. The van der Waals surface area contributed by atoms with Crippen molar-refractivity contribution in [1.82, 2.24) is 30.2 Å². The first-order chi connectivity index (χ1) is 25.8. The van der Waals surface area contributed by atoms with Crippen LogP contribution in [0.3, 0.4) is 0 Å². The Morgan fingerprint density at radius 2 is 1.26 bits per heavy atom. The lowest BCUT2D eigenvalue weighted by atomic mass is 10.1. The summed E-state index contributed by atoms with van der Waals surface area (Å²) < 4.78 is 22.4. The molecule has 2 fully saturated rings. The molecule has 296 valence electrons. The van der Waals surface area contributed by atoms with E-state index in [1.54, 1.807) is 32.7 Å². The Hall–Kier alpha value is -4.50. The summed E-state index contributed by atoms with van der Waals surface area (Å²) in [6, 6.07) is 16.4. The highest BCUT2D eigenvalue weighted by Gasteiger charge is 2.22. The fourth-order valence-electron chi connectivity index (χ4n) is 5.13. The number of benzene rings is 2. The Labute approximate surface area is 330 Å². The molecule has 0 bridgehead atoms. The van der Waals surface area contributed by atoms with Gasteiger partial charge in [-0.25, -0.2) is 9.97 Å². The molecule has 2 atom stereocenters. The van der Waals surface area contributed by atoms with Crippen LogP contribution >= 0.6 is 24.0 Å². The number of halogens is 2. The summed E-state index contributed by atoms with van der Waals surface area (Å²) in [5.41, 5.74) is 1.67. The molecule has 2 unspecified atom stereocenters. The number of aromatic nitrogens is 4. The van der Waals surface area contributed by atoms with Gasteiger partial charge in [-0.15, -0.1) is 24.0 Å². The van der Waals surface area contributed by atoms with E-state index in [0.29, 0.717) is 48.5 Å². The molecule has 2 aliphatic rings. The van der Waals surface area contributed by atoms with Crippen LogP contribution in [0.15, 0.2) is 60.9 Å². The fraction of sp³-hybridized carbons (Fsp3) is 0.474. The third kappa shape index (κ3) is 14.4. The summed E-state index contributed by atoms with van der Waals surface area (Å²) >= 11 is 5.66. The van der Waals surface area contributed by atoms with E-state index in [4.69, 9.17) is 30.5 Å². The molecule has 4 aromatic rings. The number of hydrogen-bond donors (Lipinski definition) is 5. The van der Waals surface area contributed by atoms with Crippen LogP contribution in [0, 0.1) is 0 Å². The highest BCUT2D eigenvalue weighted by atomic mass is 35.5. The van der Waals surface area contributed by atoms with E-state index >= 15 is 0 Å². The average molecular weight is 788 g/mol. The minimum atomic E-state index is 0. The molecule has 2 aromatic heterocycles. The highest BCUT2D eigenvalue weighted by molar-refractivity contribution is 6.17. The van der Waals surface area contributed by atoms with Gasteiger partial charge in [-0.05, 0) is 89.0 Å². The Balaban J connectivity index is 0.000000255. The summed E-state index contributed by atoms with van der Waals surface area (Å²) in [5, 5.41) is 15.5. The van der Waals surface area contributed by atoms with Crippen molar-refractivity contribution < 1.29 is 18.9 Å². The second-order valence-electron chi connectivity index (χ2n) is 12.4. The SMILES string of the molecule is CC1CCN1.CNc1ccnc(Nc2ccc(OC)c(OCCCCl)c2)n1.CNc1ccnc(Nc2ccc(OC)c(OCCCN3CCC3C)c2)n1.Cl. The van der Waals surface area contributed by atoms with E-state index in [2.05, 4.69) is 65.3 Å². The minimum Gasteiger partial charge on any atom is -0.493 e. The van der Waals surface area contributed by atoms with Crippen molar-refractivity contribution >= 4 is 58.9 Å². The predicted octanol–water partition coefficient (Wildman–Crippen LogP) is 7.20. The number of rotatable bonds is 17. The lowest BCUT2D eigenvalue weighted by Crippen LogP contribution is -2.46. The summed E-state index contributed by atoms with van der Waals surface area (Å²) in [6.45, 7) is 9.18. The van der Waals surface area contributed by atoms with Gasteiger partial charge in [0.15, 0.2) is 23.0 Å². The first-order valence-corrected chi connectivity index (χ1v) is 18.6. The quantitative estimate of drug-likeness (QED) is 0.0542. The van der Waals surface area contributed by atoms with Crippen molar-refractivity contribution in [2.24, 2.45) is 0 Å². The summed E-state index contributed by atoms with van der Waals surface area (Å²) in [5.74, 6) is 5.86. The van der Waals surface area contributed by atoms with Crippen LogP contribution in [0.2, 0.25) is 0 Å². The molecule has 5 N–H and O–H groups in total. The molecule has 0 saturated carbocycles. The fourth-order valence-corrected chi connectivity index (χ4v) is 5.24. The lowest BCUT2D eigenvalue weighted by Gasteiger charge is -2.38. The molecule has 2 aromatic carbocycles. The molecule has 2 aliphatic heterocycles. The van der Waals surface area contributed by atoms with Gasteiger partial charge in [0.1, 0.15) is 11.6 Å². The van der Waals surface area contributed by atoms with Crippen molar-refractivity contribution in [3.05, 3.63) is 60.9 Å². The Kier molecular flexibility index (Phi) is 19.5. The number of ether oxygens (including phenoxy) is 4. The number of nitrogens with zero attached hydrogens (tertiary/aromatic N) is 5. The molecular formula is C38H56Cl2N10O4. The van der Waals surface area contributed by atoms with E-state index in [1.807, 2.05) is 56.6 Å². The van der Waals surface area contributed by atoms with E-state index < -0.39 is 0 Å². The monoisotopic (exact) mass is 786 g/mol. The van der Waals surface area contributed by atoms with Crippen molar-refractivity contribution in [3.8, 4) is 23.0 Å². The van der Waals surface area contributed by atoms with Gasteiger partial charge in [0, 0.05) is 74.5 Å². The number of nitrogens with one attached hydrogen (secondary N) is 5. The molecule has 6 rings (SSSR count). The van der Waals surface area contributed by atoms with Crippen LogP contribution in [0.1, 0.15) is 39.5 Å². The normalized spacial score (nSPS) is 15.5. The lowest BCUT2D eigenvalue weighted by molar-refractivity contribution is 0.0965. The maximum absolute atomic E-state index is 5.96. The Morgan fingerprint density at radius 1 is 0.759 bits per heavy atom. The molecule has 2 saturated heterocycles. The van der Waals surface area contributed by atoms with Gasteiger partial charge in [0.25, 0.3) is 0 Å². The average Bonchev–Trinajstić information content (AvgIpc) is 3.17. The standard InChI is InChI=1S/C19H27N5O2.C15H19ClN4O2.C4H9N.ClH/c1-14-8-11-24(14)10-4-12-26-17-13-15(5-6-16(17)25-3)22-19-21-9-7-18(20-2)23-19;1-17-14-6-8-18-15(20-14)19-11-4-5-12(21-2)13(10-11)22-9-3-7-16;1-4-2-3-5-4;/h5-7,9,13-14H,4,8,10-12H2,1-3H3,(H2,20,21,22,23);4-6,8,10H,3,7,9H2,1-2H3,(H2,17,18,19,20);4-5H,2-3H2,1H3;1H. The highest BCUT2D eigenvalue weighted by Crippen LogP contribution is 2.32. The van der Waals surface area contributed by atoms with Gasteiger partial charge in [-0.1, -0.05) is 0 Å². The molecule has 0 amide bonds. The smallest absolute Gasteiger partial charge is 0.229 e. The largest absolute Gasteiger partial charge is 0.493 e. The third-order valence-electron chi connectivity index (χ3n) is 8.57. The van der Waals surface area contributed by atoms with Crippen LogP contribution in [0.5, 0.6) is 23.0 Å². The van der Waals surface area contributed by atoms with Gasteiger partial charge in [0.2, 0.25) is 11.9 Å². The van der Waals surface area contributed by atoms with Crippen molar-refractivity contribution in [2.45, 2.75) is 51.6 Å². The number of hydrogen-bond acceptors (Lipinski definition) is 14. The molecule has 0 spiro atoms. The van der Waals surface area contributed by atoms with Crippen LogP contribution in [-0.2, 0) is 0 Å². The van der Waals surface area contributed by atoms with E-state index in [0.717, 1.165) is 59.9 Å². The first-order valence-electron chi connectivity index (χ1n) is 18.1.